The first-order valence-corrected chi connectivity index (χ1v) is 13.5. The summed E-state index contributed by atoms with van der Waals surface area (Å²) in [6, 6.07) is 23.2. The van der Waals surface area contributed by atoms with Gasteiger partial charge in [0.25, 0.3) is 5.91 Å². The van der Waals surface area contributed by atoms with Gasteiger partial charge in [0, 0.05) is 11.6 Å². The van der Waals surface area contributed by atoms with E-state index in [0.29, 0.717) is 6.04 Å². The number of rotatable bonds is 7. The van der Waals surface area contributed by atoms with Gasteiger partial charge in [-0.25, -0.2) is 5.43 Å². The molecule has 1 saturated carbocycles. The molecule has 0 spiro atoms. The van der Waals surface area contributed by atoms with E-state index in [4.69, 9.17) is 0 Å². The van der Waals surface area contributed by atoms with E-state index >= 15 is 0 Å². The fraction of sp³-hybridized carbons (Fsp3) is 0.310. The monoisotopic (exact) mass is 497 g/mol. The highest BCUT2D eigenvalue weighted by molar-refractivity contribution is 7.99. The second-order valence-electron chi connectivity index (χ2n) is 9.42. The molecule has 1 amide bonds. The lowest BCUT2D eigenvalue weighted by molar-refractivity contribution is -0.118. The number of aryl methyl sites for hydroxylation is 1. The van der Waals surface area contributed by atoms with E-state index in [2.05, 4.69) is 80.7 Å². The lowest BCUT2D eigenvalue weighted by atomic mass is 9.95. The van der Waals surface area contributed by atoms with Crippen LogP contribution in [0.15, 0.2) is 77.0 Å². The SMILES string of the molecule is C/C(=N/NC(=O)CSc1nnc(-c2ccc(C)cc2)n1C1CCCCC1)c1ccc2ccccc2c1. The van der Waals surface area contributed by atoms with E-state index in [1.54, 1.807) is 0 Å². The van der Waals surface area contributed by atoms with Crippen LogP contribution in [0.1, 0.15) is 56.2 Å². The molecule has 5 rings (SSSR count). The lowest BCUT2D eigenvalue weighted by Gasteiger charge is -2.25. The van der Waals surface area contributed by atoms with Crippen LogP contribution in [0.3, 0.4) is 0 Å². The number of carbonyl (C=O) groups excluding carboxylic acids is 1. The number of hydrogen-bond acceptors (Lipinski definition) is 5. The number of hydrazone groups is 1. The van der Waals surface area contributed by atoms with Gasteiger partial charge in [0.1, 0.15) is 0 Å². The Morgan fingerprint density at radius 3 is 2.53 bits per heavy atom. The van der Waals surface area contributed by atoms with Gasteiger partial charge in [-0.05, 0) is 49.1 Å². The Kier molecular flexibility index (Phi) is 7.47. The highest BCUT2D eigenvalue weighted by Crippen LogP contribution is 2.35. The standard InChI is InChI=1S/C29H31N5OS/c1-20-12-14-23(15-13-20)28-32-33-29(34(28)26-10-4-3-5-11-26)36-19-27(35)31-30-21(2)24-17-16-22-8-6-7-9-25(22)18-24/h6-9,12-18,26H,3-5,10-11,19H2,1-2H3,(H,31,35)/b30-21-. The number of hydrogen-bond donors (Lipinski definition) is 1. The number of aromatic nitrogens is 3. The largest absolute Gasteiger partial charge is 0.299 e. The number of nitrogens with one attached hydrogen (secondary N) is 1. The third-order valence-electron chi connectivity index (χ3n) is 6.76. The molecule has 1 aliphatic carbocycles. The first-order valence-electron chi connectivity index (χ1n) is 12.6. The number of nitrogens with zero attached hydrogens (tertiary/aromatic N) is 4. The smallest absolute Gasteiger partial charge is 0.250 e. The summed E-state index contributed by atoms with van der Waals surface area (Å²) in [4.78, 5) is 12.7. The fourth-order valence-corrected chi connectivity index (χ4v) is 5.53. The molecular formula is C29H31N5OS. The highest BCUT2D eigenvalue weighted by Gasteiger charge is 2.24. The molecule has 3 aromatic carbocycles. The number of benzene rings is 3. The van der Waals surface area contributed by atoms with Crippen LogP contribution in [0.2, 0.25) is 0 Å². The molecule has 1 fully saturated rings. The molecule has 184 valence electrons. The minimum Gasteiger partial charge on any atom is -0.299 e. The maximum atomic E-state index is 12.7. The van der Waals surface area contributed by atoms with Gasteiger partial charge < -0.3 is 0 Å². The van der Waals surface area contributed by atoms with Crippen LogP contribution < -0.4 is 5.43 Å². The van der Waals surface area contributed by atoms with Crippen molar-refractivity contribution in [2.45, 2.75) is 57.1 Å². The number of fused-ring (bicyclic) bond motifs is 1. The Balaban J connectivity index is 1.28. The molecule has 0 bridgehead atoms. The van der Waals surface area contributed by atoms with Gasteiger partial charge in [-0.3, -0.25) is 9.36 Å². The molecule has 1 N–H and O–H groups in total. The lowest BCUT2D eigenvalue weighted by Crippen LogP contribution is -2.22. The summed E-state index contributed by atoms with van der Waals surface area (Å²) in [6.45, 7) is 3.99. The Hall–Kier alpha value is -3.45. The van der Waals surface area contributed by atoms with Crippen LogP contribution in [0, 0.1) is 6.92 Å². The molecule has 0 saturated heterocycles. The Bertz CT molecular complexity index is 1390. The van der Waals surface area contributed by atoms with Gasteiger partial charge in [0.2, 0.25) is 0 Å². The summed E-state index contributed by atoms with van der Waals surface area (Å²) < 4.78 is 2.26. The quantitative estimate of drug-likeness (QED) is 0.179. The first-order chi connectivity index (χ1) is 17.6. The molecule has 0 unspecified atom stereocenters. The summed E-state index contributed by atoms with van der Waals surface area (Å²) in [5.41, 5.74) is 6.75. The molecule has 1 aliphatic rings. The van der Waals surface area contributed by atoms with Gasteiger partial charge in [0.15, 0.2) is 11.0 Å². The van der Waals surface area contributed by atoms with E-state index in [1.807, 2.05) is 25.1 Å². The number of carbonyl (C=O) groups is 1. The van der Waals surface area contributed by atoms with E-state index in [1.165, 1.54) is 42.0 Å². The molecular weight excluding hydrogens is 466 g/mol. The summed E-state index contributed by atoms with van der Waals surface area (Å²) >= 11 is 1.42. The second kappa shape index (κ2) is 11.1. The van der Waals surface area contributed by atoms with Crippen molar-refractivity contribution in [1.29, 1.82) is 0 Å². The third-order valence-corrected chi connectivity index (χ3v) is 7.71. The Morgan fingerprint density at radius 2 is 1.75 bits per heavy atom. The molecule has 1 aromatic heterocycles. The van der Waals surface area contributed by atoms with Crippen LogP contribution in [-0.4, -0.2) is 32.1 Å². The van der Waals surface area contributed by atoms with Crippen molar-refractivity contribution in [1.82, 2.24) is 20.2 Å². The van der Waals surface area contributed by atoms with Gasteiger partial charge in [-0.2, -0.15) is 5.10 Å². The maximum absolute atomic E-state index is 12.7. The Morgan fingerprint density at radius 1 is 1.00 bits per heavy atom. The van der Waals surface area contributed by atoms with Crippen LogP contribution in [0.5, 0.6) is 0 Å². The van der Waals surface area contributed by atoms with Crippen molar-refractivity contribution >= 4 is 34.2 Å². The second-order valence-corrected chi connectivity index (χ2v) is 10.4. The predicted octanol–water partition coefficient (Wildman–Crippen LogP) is 6.54. The van der Waals surface area contributed by atoms with Crippen LogP contribution >= 0.6 is 11.8 Å². The molecule has 36 heavy (non-hydrogen) atoms. The zero-order chi connectivity index (χ0) is 24.9. The average Bonchev–Trinajstić information content (AvgIpc) is 3.35. The predicted molar refractivity (Wildman–Crippen MR) is 147 cm³/mol. The minimum atomic E-state index is -0.157. The summed E-state index contributed by atoms with van der Waals surface area (Å²) in [5, 5.41) is 16.5. The normalized spacial score (nSPS) is 14.8. The van der Waals surface area contributed by atoms with E-state index in [-0.39, 0.29) is 11.7 Å². The fourth-order valence-electron chi connectivity index (χ4n) is 4.73. The van der Waals surface area contributed by atoms with Crippen molar-refractivity contribution in [2.75, 3.05) is 5.75 Å². The number of amides is 1. The van der Waals surface area contributed by atoms with Crippen LogP contribution in [0.4, 0.5) is 0 Å². The zero-order valence-electron chi connectivity index (χ0n) is 20.8. The number of thioether (sulfide) groups is 1. The van der Waals surface area contributed by atoms with Crippen molar-refractivity contribution in [2.24, 2.45) is 5.10 Å². The summed E-state index contributed by atoms with van der Waals surface area (Å²) in [7, 11) is 0. The maximum Gasteiger partial charge on any atom is 0.250 e. The van der Waals surface area contributed by atoms with Gasteiger partial charge in [-0.1, -0.05) is 97.3 Å². The van der Waals surface area contributed by atoms with Crippen LogP contribution in [0.25, 0.3) is 22.2 Å². The topological polar surface area (TPSA) is 72.2 Å². The average molecular weight is 498 g/mol. The molecule has 7 heteroatoms. The molecule has 1 heterocycles. The molecule has 4 aromatic rings. The third kappa shape index (κ3) is 5.51. The molecule has 6 nitrogen and oxygen atoms in total. The van der Waals surface area contributed by atoms with Gasteiger partial charge >= 0.3 is 0 Å². The van der Waals surface area contributed by atoms with Crippen molar-refractivity contribution in [3.63, 3.8) is 0 Å². The van der Waals surface area contributed by atoms with E-state index in [0.717, 1.165) is 46.0 Å². The summed E-state index contributed by atoms with van der Waals surface area (Å²) in [6.07, 6.45) is 5.93. The van der Waals surface area contributed by atoms with E-state index < -0.39 is 0 Å². The van der Waals surface area contributed by atoms with Crippen molar-refractivity contribution in [3.05, 3.63) is 77.9 Å². The first kappa shape index (κ1) is 24.3. The highest BCUT2D eigenvalue weighted by atomic mass is 32.2. The molecule has 0 radical (unpaired) electrons. The molecule has 0 atom stereocenters. The van der Waals surface area contributed by atoms with Crippen LogP contribution in [-0.2, 0) is 4.79 Å². The zero-order valence-corrected chi connectivity index (χ0v) is 21.6. The van der Waals surface area contributed by atoms with Gasteiger partial charge in [0.05, 0.1) is 11.5 Å². The molecule has 0 aliphatic heterocycles. The van der Waals surface area contributed by atoms with E-state index in [9.17, 15) is 4.79 Å². The van der Waals surface area contributed by atoms with Gasteiger partial charge in [-0.15, -0.1) is 10.2 Å². The summed E-state index contributed by atoms with van der Waals surface area (Å²) in [5.74, 6) is 0.956. The van der Waals surface area contributed by atoms with Crippen molar-refractivity contribution < 1.29 is 4.79 Å². The minimum absolute atomic E-state index is 0.157. The van der Waals surface area contributed by atoms with Crippen molar-refractivity contribution in [3.8, 4) is 11.4 Å². The Labute approximate surface area is 216 Å².